The van der Waals surface area contributed by atoms with E-state index in [1.165, 1.54) is 96.3 Å². The summed E-state index contributed by atoms with van der Waals surface area (Å²) in [5.41, 5.74) is 0. The lowest BCUT2D eigenvalue weighted by atomic mass is 9.98. The van der Waals surface area contributed by atoms with Gasteiger partial charge in [0.25, 0.3) is 0 Å². The minimum absolute atomic E-state index is 0.0608. The fourth-order valence-electron chi connectivity index (χ4n) is 8.26. The molecular weight excluding hydrogens is 901 g/mol. The molecule has 6 unspecified atom stereocenters. The molecule has 1 rings (SSSR count). The largest absolute Gasteiger partial charge is 0.479 e. The van der Waals surface area contributed by atoms with Crippen LogP contribution in [0.5, 0.6) is 0 Å². The number of carboxylic acids is 1. The Bertz CT molecular complexity index is 1470. The summed E-state index contributed by atoms with van der Waals surface area (Å²) in [4.78, 5) is 50.9. The first-order valence-electron chi connectivity index (χ1n) is 28.3. The summed E-state index contributed by atoms with van der Waals surface area (Å²) < 4.78 is 28.3. The Labute approximate surface area is 430 Å². The number of rotatable bonds is 47. The number of carboxylic acid groups (broad SMARTS) is 1. The maximum absolute atomic E-state index is 13.1. The van der Waals surface area contributed by atoms with Gasteiger partial charge in [-0.2, -0.15) is 0 Å². The van der Waals surface area contributed by atoms with Gasteiger partial charge >= 0.3 is 23.9 Å². The van der Waals surface area contributed by atoms with E-state index in [4.69, 9.17) is 23.7 Å². The van der Waals surface area contributed by atoms with Crippen LogP contribution in [0.15, 0.2) is 60.8 Å². The number of aliphatic hydroxyl groups is 2. The van der Waals surface area contributed by atoms with Crippen LogP contribution in [-0.4, -0.2) is 89.2 Å². The molecule has 0 spiro atoms. The summed E-state index contributed by atoms with van der Waals surface area (Å²) in [5, 5.41) is 31.4. The third-order valence-electron chi connectivity index (χ3n) is 12.6. The highest BCUT2D eigenvalue weighted by Gasteiger charge is 2.50. The van der Waals surface area contributed by atoms with Gasteiger partial charge in [-0.25, -0.2) is 4.79 Å². The second kappa shape index (κ2) is 47.4. The van der Waals surface area contributed by atoms with E-state index < -0.39 is 67.3 Å². The average molecular weight is 1000 g/mol. The molecule has 0 bridgehead atoms. The van der Waals surface area contributed by atoms with Gasteiger partial charge in [-0.15, -0.1) is 0 Å². The molecule has 1 saturated heterocycles. The molecule has 6 atom stereocenters. The minimum atomic E-state index is -1.93. The van der Waals surface area contributed by atoms with Crippen LogP contribution in [0.4, 0.5) is 0 Å². The molecule has 1 fully saturated rings. The second-order valence-electron chi connectivity index (χ2n) is 19.2. The van der Waals surface area contributed by atoms with Gasteiger partial charge in [0.05, 0.1) is 6.61 Å². The van der Waals surface area contributed by atoms with Gasteiger partial charge < -0.3 is 39.0 Å². The Morgan fingerprint density at radius 2 is 0.915 bits per heavy atom. The van der Waals surface area contributed by atoms with Crippen LogP contribution in [0.1, 0.15) is 239 Å². The van der Waals surface area contributed by atoms with Crippen molar-refractivity contribution in [3.8, 4) is 0 Å². The van der Waals surface area contributed by atoms with Crippen LogP contribution < -0.4 is 0 Å². The molecule has 0 aliphatic carbocycles. The van der Waals surface area contributed by atoms with Crippen LogP contribution in [0.3, 0.4) is 0 Å². The Balaban J connectivity index is 2.75. The average Bonchev–Trinajstić information content (AvgIpc) is 3.35. The molecular formula is C59H100O12. The topological polar surface area (TPSA) is 175 Å². The van der Waals surface area contributed by atoms with Gasteiger partial charge in [0, 0.05) is 19.3 Å². The van der Waals surface area contributed by atoms with E-state index in [0.717, 1.165) is 77.0 Å². The third kappa shape index (κ3) is 37.8. The number of allylic oxidation sites excluding steroid dienone is 10. The van der Waals surface area contributed by atoms with Crippen molar-refractivity contribution in [2.45, 2.75) is 276 Å². The van der Waals surface area contributed by atoms with Crippen molar-refractivity contribution in [1.82, 2.24) is 0 Å². The Morgan fingerprint density at radius 1 is 0.479 bits per heavy atom. The van der Waals surface area contributed by atoms with Gasteiger partial charge in [-0.3, -0.25) is 14.4 Å². The normalized spacial score (nSPS) is 18.9. The number of unbranched alkanes of at least 4 members (excludes halogenated alkanes) is 23. The van der Waals surface area contributed by atoms with E-state index in [2.05, 4.69) is 63.3 Å². The first-order chi connectivity index (χ1) is 34.6. The summed E-state index contributed by atoms with van der Waals surface area (Å²) in [6, 6.07) is 0. The number of ether oxygens (including phenoxy) is 5. The Morgan fingerprint density at radius 3 is 1.41 bits per heavy atom. The molecule has 1 aliphatic heterocycles. The lowest BCUT2D eigenvalue weighted by Crippen LogP contribution is -2.61. The van der Waals surface area contributed by atoms with Crippen LogP contribution in [-0.2, 0) is 42.9 Å². The van der Waals surface area contributed by atoms with Crippen LogP contribution in [0, 0.1) is 0 Å². The van der Waals surface area contributed by atoms with E-state index in [9.17, 15) is 34.5 Å². The fraction of sp³-hybridized carbons (Fsp3) is 0.763. The van der Waals surface area contributed by atoms with E-state index in [-0.39, 0.29) is 25.9 Å². The quantitative estimate of drug-likeness (QED) is 0.0228. The summed E-state index contributed by atoms with van der Waals surface area (Å²) in [6.45, 7) is 5.82. The number of aliphatic hydroxyl groups excluding tert-OH is 2. The molecule has 12 nitrogen and oxygen atoms in total. The number of aliphatic carboxylic acids is 1. The molecule has 0 aromatic rings. The van der Waals surface area contributed by atoms with E-state index in [1.54, 1.807) is 0 Å². The van der Waals surface area contributed by atoms with Crippen molar-refractivity contribution < 1.29 is 58.2 Å². The van der Waals surface area contributed by atoms with Crippen molar-refractivity contribution in [3.63, 3.8) is 0 Å². The smallest absolute Gasteiger partial charge is 0.335 e. The summed E-state index contributed by atoms with van der Waals surface area (Å²) in [7, 11) is 0. The zero-order valence-corrected chi connectivity index (χ0v) is 44.7. The van der Waals surface area contributed by atoms with Crippen LogP contribution in [0.2, 0.25) is 0 Å². The number of hydrogen-bond acceptors (Lipinski definition) is 11. The second-order valence-corrected chi connectivity index (χ2v) is 19.2. The van der Waals surface area contributed by atoms with Crippen molar-refractivity contribution in [1.29, 1.82) is 0 Å². The number of esters is 3. The minimum Gasteiger partial charge on any atom is -0.479 e. The first-order valence-corrected chi connectivity index (χ1v) is 28.3. The van der Waals surface area contributed by atoms with E-state index in [1.807, 2.05) is 18.2 Å². The molecule has 408 valence electrons. The van der Waals surface area contributed by atoms with Crippen LogP contribution in [0.25, 0.3) is 0 Å². The number of carbonyl (C=O) groups excluding carboxylic acids is 3. The van der Waals surface area contributed by atoms with Gasteiger partial charge in [0.2, 0.25) is 0 Å². The number of hydrogen-bond donors (Lipinski definition) is 3. The summed E-state index contributed by atoms with van der Waals surface area (Å²) in [5.74, 6) is -3.23. The molecule has 1 heterocycles. The standard InChI is InChI=1S/C59H100O12/c1-4-7-10-13-16-19-22-25-26-29-30-33-36-39-42-45-51(60)67-48-50(69-52(61)46-43-40-37-34-31-27-23-20-17-14-11-8-5-2)49-68-59-57(55(64)54(63)56(71-59)58(65)66)70-53(62)47-44-41-38-35-32-28-24-21-18-15-12-9-6-3/h9,12,18,21,25-26,28,32,38,41,50,54-57,59,63-64H,4-8,10-11,13-17,19-20,22-24,27,29-31,33-37,39-40,42-49H2,1-3H3,(H,65,66)/b12-9-,21-18-,26-25-,32-28-,41-38-. The highest BCUT2D eigenvalue weighted by molar-refractivity contribution is 5.74. The SMILES string of the molecule is CC/C=C\C/C=C\C/C=C\C/C=C\CCC(=O)OC1C(OCC(COC(=O)CCCCCCC/C=C\CCCCCCCC)OC(=O)CCCCCCCCCCCCCCC)OC(C(=O)O)C(O)C1O. The van der Waals surface area contributed by atoms with Crippen LogP contribution >= 0.6 is 0 Å². The zero-order valence-electron chi connectivity index (χ0n) is 44.7. The third-order valence-corrected chi connectivity index (χ3v) is 12.6. The lowest BCUT2D eigenvalue weighted by Gasteiger charge is -2.40. The fourth-order valence-corrected chi connectivity index (χ4v) is 8.26. The van der Waals surface area contributed by atoms with Crippen molar-refractivity contribution in [2.24, 2.45) is 0 Å². The molecule has 12 heteroatoms. The summed E-state index contributed by atoms with van der Waals surface area (Å²) >= 11 is 0. The van der Waals surface area contributed by atoms with Crippen molar-refractivity contribution >= 4 is 23.9 Å². The van der Waals surface area contributed by atoms with Gasteiger partial charge in [-0.1, -0.05) is 210 Å². The molecule has 0 amide bonds. The van der Waals surface area contributed by atoms with Gasteiger partial charge in [0.15, 0.2) is 24.6 Å². The molecule has 71 heavy (non-hydrogen) atoms. The zero-order chi connectivity index (χ0) is 51.8. The van der Waals surface area contributed by atoms with E-state index in [0.29, 0.717) is 25.7 Å². The monoisotopic (exact) mass is 1000 g/mol. The predicted octanol–water partition coefficient (Wildman–Crippen LogP) is 14.0. The summed E-state index contributed by atoms with van der Waals surface area (Å²) in [6.07, 6.45) is 45.0. The first kappa shape index (κ1) is 65.4. The highest BCUT2D eigenvalue weighted by Crippen LogP contribution is 2.26. The molecule has 0 aromatic carbocycles. The Hall–Kier alpha value is -3.58. The van der Waals surface area contributed by atoms with Crippen molar-refractivity contribution in [2.75, 3.05) is 13.2 Å². The molecule has 0 saturated carbocycles. The van der Waals surface area contributed by atoms with E-state index >= 15 is 0 Å². The van der Waals surface area contributed by atoms with Crippen molar-refractivity contribution in [3.05, 3.63) is 60.8 Å². The van der Waals surface area contributed by atoms with Gasteiger partial charge in [0.1, 0.15) is 18.8 Å². The molecule has 0 aromatic heterocycles. The molecule has 3 N–H and O–H groups in total. The maximum atomic E-state index is 13.1. The highest BCUT2D eigenvalue weighted by atomic mass is 16.7. The molecule has 0 radical (unpaired) electrons. The van der Waals surface area contributed by atoms with Gasteiger partial charge in [-0.05, 0) is 70.6 Å². The Kier molecular flexibility index (Phi) is 43.7. The maximum Gasteiger partial charge on any atom is 0.335 e. The number of carbonyl (C=O) groups is 4. The molecule has 1 aliphatic rings. The lowest BCUT2D eigenvalue weighted by molar-refractivity contribution is -0.301. The predicted molar refractivity (Wildman–Crippen MR) is 285 cm³/mol.